The molecule has 0 fully saturated rings. The first-order valence-electron chi connectivity index (χ1n) is 4.17. The zero-order valence-electron chi connectivity index (χ0n) is 8.68. The van der Waals surface area contributed by atoms with Crippen LogP contribution in [-0.4, -0.2) is 37.7 Å². The summed E-state index contributed by atoms with van der Waals surface area (Å²) in [5.41, 5.74) is -0.986. The molecular formula is C8H10N2O5S. The Morgan fingerprint density at radius 3 is 2.62 bits per heavy atom. The second-order valence-electron chi connectivity index (χ2n) is 3.13. The lowest BCUT2D eigenvalue weighted by Crippen LogP contribution is -2.22. The zero-order chi connectivity index (χ0) is 12.3. The number of methoxy groups -OCH3 is 1. The topological polar surface area (TPSA) is 106 Å². The number of ether oxygens (including phenoxy) is 1. The van der Waals surface area contributed by atoms with E-state index in [1.165, 1.54) is 0 Å². The summed E-state index contributed by atoms with van der Waals surface area (Å²) in [5.74, 6) is -1.22. The highest BCUT2D eigenvalue weighted by molar-refractivity contribution is 7.89. The fraction of sp³-hybridized carbons (Fsp3) is 0.375. The number of hydrogen-bond donors (Lipinski definition) is 1. The maximum atomic E-state index is 11.3. The SMILES string of the molecule is COC(=O)c1cnc(CS(C)(=O)=O)[nH]c1=O. The first-order valence-corrected chi connectivity index (χ1v) is 6.24. The summed E-state index contributed by atoms with van der Waals surface area (Å²) in [4.78, 5) is 28.2. The van der Waals surface area contributed by atoms with E-state index in [2.05, 4.69) is 14.7 Å². The third-order valence-corrected chi connectivity index (χ3v) is 2.45. The highest BCUT2D eigenvalue weighted by atomic mass is 32.2. The van der Waals surface area contributed by atoms with Crippen molar-refractivity contribution in [3.63, 3.8) is 0 Å². The first kappa shape index (κ1) is 12.4. The Morgan fingerprint density at radius 2 is 2.19 bits per heavy atom. The number of H-pyrrole nitrogens is 1. The van der Waals surface area contributed by atoms with Gasteiger partial charge in [-0.25, -0.2) is 18.2 Å². The van der Waals surface area contributed by atoms with Crippen molar-refractivity contribution in [3.8, 4) is 0 Å². The number of aromatic amines is 1. The average molecular weight is 246 g/mol. The van der Waals surface area contributed by atoms with Crippen molar-refractivity contribution in [3.05, 3.63) is 27.9 Å². The van der Waals surface area contributed by atoms with Gasteiger partial charge in [0.05, 0.1) is 7.11 Å². The van der Waals surface area contributed by atoms with E-state index in [0.29, 0.717) is 0 Å². The van der Waals surface area contributed by atoms with E-state index in [-0.39, 0.29) is 17.1 Å². The number of esters is 1. The van der Waals surface area contributed by atoms with Crippen molar-refractivity contribution < 1.29 is 17.9 Å². The number of sulfone groups is 1. The van der Waals surface area contributed by atoms with Crippen LogP contribution < -0.4 is 5.56 Å². The molecule has 0 spiro atoms. The van der Waals surface area contributed by atoms with Crippen molar-refractivity contribution in [2.24, 2.45) is 0 Å². The van der Waals surface area contributed by atoms with Crippen molar-refractivity contribution in [2.75, 3.05) is 13.4 Å². The summed E-state index contributed by atoms with van der Waals surface area (Å²) < 4.78 is 26.2. The molecule has 1 heterocycles. The van der Waals surface area contributed by atoms with E-state index in [1.54, 1.807) is 0 Å². The van der Waals surface area contributed by atoms with Gasteiger partial charge in [-0.1, -0.05) is 0 Å². The van der Waals surface area contributed by atoms with E-state index in [1.807, 2.05) is 0 Å². The predicted octanol–water partition coefficient (Wildman–Crippen LogP) is -0.899. The normalized spacial score (nSPS) is 11.1. The molecule has 7 nitrogen and oxygen atoms in total. The maximum absolute atomic E-state index is 11.3. The smallest absolute Gasteiger partial charge is 0.345 e. The van der Waals surface area contributed by atoms with Crippen LogP contribution in [0.1, 0.15) is 16.2 Å². The molecule has 0 saturated carbocycles. The monoisotopic (exact) mass is 246 g/mol. The van der Waals surface area contributed by atoms with Crippen molar-refractivity contribution in [1.29, 1.82) is 0 Å². The van der Waals surface area contributed by atoms with Gasteiger partial charge >= 0.3 is 5.97 Å². The summed E-state index contributed by atoms with van der Waals surface area (Å²) in [5, 5.41) is 0. The minimum Gasteiger partial charge on any atom is -0.465 e. The predicted molar refractivity (Wildman–Crippen MR) is 54.7 cm³/mol. The molecule has 0 aromatic carbocycles. The number of rotatable bonds is 3. The molecule has 16 heavy (non-hydrogen) atoms. The van der Waals surface area contributed by atoms with E-state index < -0.39 is 21.4 Å². The van der Waals surface area contributed by atoms with Gasteiger partial charge in [0.25, 0.3) is 5.56 Å². The molecule has 88 valence electrons. The third kappa shape index (κ3) is 3.16. The fourth-order valence-corrected chi connectivity index (χ4v) is 1.65. The first-order chi connectivity index (χ1) is 7.33. The summed E-state index contributed by atoms with van der Waals surface area (Å²) in [7, 11) is -2.15. The highest BCUT2D eigenvalue weighted by Gasteiger charge is 2.13. The Kier molecular flexibility index (Phi) is 3.43. The van der Waals surface area contributed by atoms with Gasteiger partial charge in [0, 0.05) is 12.5 Å². The van der Waals surface area contributed by atoms with Gasteiger partial charge < -0.3 is 9.72 Å². The average Bonchev–Trinajstić information content (AvgIpc) is 2.14. The van der Waals surface area contributed by atoms with E-state index >= 15 is 0 Å². The van der Waals surface area contributed by atoms with Gasteiger partial charge in [0.2, 0.25) is 0 Å². The van der Waals surface area contributed by atoms with Crippen molar-refractivity contribution in [1.82, 2.24) is 9.97 Å². The fourth-order valence-electron chi connectivity index (χ4n) is 1.01. The lowest BCUT2D eigenvalue weighted by Gasteiger charge is -2.00. The van der Waals surface area contributed by atoms with Crippen LogP contribution in [0.5, 0.6) is 0 Å². The van der Waals surface area contributed by atoms with Crippen molar-refractivity contribution >= 4 is 15.8 Å². The molecule has 1 aromatic rings. The second-order valence-corrected chi connectivity index (χ2v) is 5.27. The van der Waals surface area contributed by atoms with Crippen LogP contribution in [0.15, 0.2) is 11.0 Å². The molecule has 0 aliphatic rings. The molecule has 0 bridgehead atoms. The van der Waals surface area contributed by atoms with Gasteiger partial charge in [0.1, 0.15) is 17.1 Å². The summed E-state index contributed by atoms with van der Waals surface area (Å²) in [6.45, 7) is 0. The number of carbonyl (C=O) groups is 1. The minimum absolute atomic E-state index is 0.0137. The molecule has 8 heteroatoms. The van der Waals surface area contributed by atoms with Crippen LogP contribution in [0.2, 0.25) is 0 Å². The number of carbonyl (C=O) groups excluding carboxylic acids is 1. The van der Waals surface area contributed by atoms with Crippen LogP contribution in [-0.2, 0) is 20.3 Å². The molecule has 0 atom stereocenters. The van der Waals surface area contributed by atoms with Gasteiger partial charge in [-0.05, 0) is 0 Å². The molecule has 1 aromatic heterocycles. The summed E-state index contributed by atoms with van der Waals surface area (Å²) in [6, 6.07) is 0. The number of nitrogens with one attached hydrogen (secondary N) is 1. The van der Waals surface area contributed by atoms with Crippen molar-refractivity contribution in [2.45, 2.75) is 5.75 Å². The molecule has 0 unspecified atom stereocenters. The van der Waals surface area contributed by atoms with Gasteiger partial charge in [-0.2, -0.15) is 0 Å². The number of hydrogen-bond acceptors (Lipinski definition) is 6. The Labute approximate surface area is 91.4 Å². The zero-order valence-corrected chi connectivity index (χ0v) is 9.50. The van der Waals surface area contributed by atoms with Crippen LogP contribution in [0, 0.1) is 0 Å². The van der Waals surface area contributed by atoms with E-state index in [0.717, 1.165) is 19.6 Å². The van der Waals surface area contributed by atoms with Gasteiger partial charge in [-0.15, -0.1) is 0 Å². The molecular weight excluding hydrogens is 236 g/mol. The molecule has 1 N–H and O–H groups in total. The second kappa shape index (κ2) is 4.44. The lowest BCUT2D eigenvalue weighted by molar-refractivity contribution is 0.0598. The number of nitrogens with zero attached hydrogens (tertiary/aromatic N) is 1. The quantitative estimate of drug-likeness (QED) is 0.693. The van der Waals surface area contributed by atoms with Crippen LogP contribution in [0.3, 0.4) is 0 Å². The largest absolute Gasteiger partial charge is 0.465 e. The van der Waals surface area contributed by atoms with Crippen LogP contribution >= 0.6 is 0 Å². The van der Waals surface area contributed by atoms with Crippen LogP contribution in [0.25, 0.3) is 0 Å². The lowest BCUT2D eigenvalue weighted by atomic mass is 10.3. The Bertz CT molecular complexity index is 560. The molecule has 0 saturated heterocycles. The molecule has 0 aliphatic heterocycles. The summed E-state index contributed by atoms with van der Waals surface area (Å²) in [6.07, 6.45) is 2.01. The minimum atomic E-state index is -3.28. The third-order valence-electron chi connectivity index (χ3n) is 1.66. The molecule has 1 rings (SSSR count). The molecule has 0 aliphatic carbocycles. The van der Waals surface area contributed by atoms with Crippen LogP contribution in [0.4, 0.5) is 0 Å². The highest BCUT2D eigenvalue weighted by Crippen LogP contribution is 1.97. The standard InChI is InChI=1S/C8H10N2O5S/c1-15-8(12)5-3-9-6(10-7(5)11)4-16(2,13)14/h3H,4H2,1-2H3,(H,9,10,11). The maximum Gasteiger partial charge on any atom is 0.345 e. The van der Waals surface area contributed by atoms with E-state index in [9.17, 15) is 18.0 Å². The van der Waals surface area contributed by atoms with Gasteiger partial charge in [0.15, 0.2) is 9.84 Å². The Balaban J connectivity index is 3.10. The Morgan fingerprint density at radius 1 is 1.56 bits per heavy atom. The summed E-state index contributed by atoms with van der Waals surface area (Å²) >= 11 is 0. The Hall–Kier alpha value is -1.70. The van der Waals surface area contributed by atoms with E-state index in [4.69, 9.17) is 0 Å². The molecule has 0 amide bonds. The number of aromatic nitrogens is 2. The van der Waals surface area contributed by atoms with Gasteiger partial charge in [-0.3, -0.25) is 4.79 Å². The molecule has 0 radical (unpaired) electrons.